The van der Waals surface area contributed by atoms with Gasteiger partial charge in [0.1, 0.15) is 11.6 Å². The molecule has 1 unspecified atom stereocenters. The molecule has 1 aliphatic heterocycles. The SMILES string of the molecule is CNC1CCCN(C(=O)c2nc(C(C)C)n(-c3cccc(F)c3)n2)C1.Cl. The lowest BCUT2D eigenvalue weighted by atomic mass is 10.1. The summed E-state index contributed by atoms with van der Waals surface area (Å²) in [6.07, 6.45) is 2.02. The minimum Gasteiger partial charge on any atom is -0.334 e. The molecule has 26 heavy (non-hydrogen) atoms. The molecule has 0 radical (unpaired) electrons. The van der Waals surface area contributed by atoms with E-state index in [-0.39, 0.29) is 35.9 Å². The smallest absolute Gasteiger partial charge is 0.293 e. The normalized spacial score (nSPS) is 17.3. The summed E-state index contributed by atoms with van der Waals surface area (Å²) in [5.41, 5.74) is 0.571. The molecule has 6 nitrogen and oxygen atoms in total. The number of benzene rings is 1. The molecule has 1 aromatic heterocycles. The standard InChI is InChI=1S/C18H24FN5O.ClH/c1-12(2)17-21-16(18(25)23-9-5-7-14(11-23)20-3)22-24(17)15-8-4-6-13(19)10-15;/h4,6,8,10,12,14,20H,5,7,9,11H2,1-3H3;1H. The number of piperidine rings is 1. The molecule has 0 saturated carbocycles. The Morgan fingerprint density at radius 2 is 2.15 bits per heavy atom. The fourth-order valence-electron chi connectivity index (χ4n) is 3.12. The van der Waals surface area contributed by atoms with Crippen molar-refractivity contribution in [1.29, 1.82) is 0 Å². The van der Waals surface area contributed by atoms with Crippen molar-refractivity contribution in [2.24, 2.45) is 0 Å². The zero-order valence-electron chi connectivity index (χ0n) is 15.3. The van der Waals surface area contributed by atoms with Gasteiger partial charge in [-0.1, -0.05) is 19.9 Å². The maximum atomic E-state index is 13.6. The van der Waals surface area contributed by atoms with E-state index in [1.165, 1.54) is 12.1 Å². The van der Waals surface area contributed by atoms with Crippen LogP contribution in [0.1, 0.15) is 49.1 Å². The first-order chi connectivity index (χ1) is 12.0. The molecule has 1 aliphatic rings. The molecule has 8 heteroatoms. The van der Waals surface area contributed by atoms with Crippen LogP contribution in [0.5, 0.6) is 0 Å². The van der Waals surface area contributed by atoms with Crippen molar-refractivity contribution >= 4 is 18.3 Å². The van der Waals surface area contributed by atoms with Crippen LogP contribution in [-0.4, -0.2) is 51.8 Å². The molecule has 3 rings (SSSR count). The van der Waals surface area contributed by atoms with Gasteiger partial charge >= 0.3 is 0 Å². The number of halogens is 2. The van der Waals surface area contributed by atoms with Crippen LogP contribution in [0.25, 0.3) is 5.69 Å². The summed E-state index contributed by atoms with van der Waals surface area (Å²) in [6, 6.07) is 6.46. The summed E-state index contributed by atoms with van der Waals surface area (Å²) in [4.78, 5) is 19.1. The molecule has 0 bridgehead atoms. The number of likely N-dealkylation sites (tertiary alicyclic amines) is 1. The molecule has 2 aromatic rings. The predicted octanol–water partition coefficient (Wildman–Crippen LogP) is 2.78. The van der Waals surface area contributed by atoms with Gasteiger partial charge in [-0.3, -0.25) is 4.79 Å². The van der Waals surface area contributed by atoms with Crippen LogP contribution in [0.4, 0.5) is 4.39 Å². The van der Waals surface area contributed by atoms with Crippen molar-refractivity contribution in [2.75, 3.05) is 20.1 Å². The Morgan fingerprint density at radius 3 is 2.81 bits per heavy atom. The van der Waals surface area contributed by atoms with E-state index in [1.54, 1.807) is 21.7 Å². The van der Waals surface area contributed by atoms with Crippen LogP contribution < -0.4 is 5.32 Å². The van der Waals surface area contributed by atoms with Crippen LogP contribution in [0.3, 0.4) is 0 Å². The first-order valence-corrected chi connectivity index (χ1v) is 8.69. The fourth-order valence-corrected chi connectivity index (χ4v) is 3.12. The molecule has 1 aromatic carbocycles. The Hall–Kier alpha value is -1.99. The van der Waals surface area contributed by atoms with E-state index in [4.69, 9.17) is 0 Å². The van der Waals surface area contributed by atoms with Gasteiger partial charge in [0.05, 0.1) is 5.69 Å². The van der Waals surface area contributed by atoms with Crippen LogP contribution in [-0.2, 0) is 0 Å². The molecule has 1 fully saturated rings. The molecule has 1 amide bonds. The van der Waals surface area contributed by atoms with Crippen molar-refractivity contribution in [3.05, 3.63) is 41.7 Å². The number of nitrogens with zero attached hydrogens (tertiary/aromatic N) is 4. The van der Waals surface area contributed by atoms with Crippen molar-refractivity contribution < 1.29 is 9.18 Å². The molecule has 1 saturated heterocycles. The highest BCUT2D eigenvalue weighted by atomic mass is 35.5. The van der Waals surface area contributed by atoms with Crippen molar-refractivity contribution in [3.63, 3.8) is 0 Å². The second kappa shape index (κ2) is 8.60. The zero-order chi connectivity index (χ0) is 18.0. The minimum absolute atomic E-state index is 0. The second-order valence-electron chi connectivity index (χ2n) is 6.72. The van der Waals surface area contributed by atoms with E-state index in [1.807, 2.05) is 20.9 Å². The summed E-state index contributed by atoms with van der Waals surface area (Å²) in [7, 11) is 1.91. The van der Waals surface area contributed by atoms with Gasteiger partial charge in [-0.2, -0.15) is 0 Å². The summed E-state index contributed by atoms with van der Waals surface area (Å²) >= 11 is 0. The third kappa shape index (κ3) is 4.22. The van der Waals surface area contributed by atoms with Gasteiger partial charge in [0.25, 0.3) is 5.91 Å². The Morgan fingerprint density at radius 1 is 1.38 bits per heavy atom. The molecule has 1 N–H and O–H groups in total. The topological polar surface area (TPSA) is 63.1 Å². The van der Waals surface area contributed by atoms with Crippen molar-refractivity contribution in [3.8, 4) is 5.69 Å². The lowest BCUT2D eigenvalue weighted by Gasteiger charge is -2.31. The average molecular weight is 382 g/mol. The minimum atomic E-state index is -0.344. The molecule has 0 spiro atoms. The summed E-state index contributed by atoms with van der Waals surface area (Å²) in [5.74, 6) is 0.366. The Bertz CT molecular complexity index is 764. The number of rotatable bonds is 4. The van der Waals surface area contributed by atoms with E-state index in [2.05, 4.69) is 15.4 Å². The Balaban J connectivity index is 0.00000243. The predicted molar refractivity (Wildman–Crippen MR) is 101 cm³/mol. The van der Waals surface area contributed by atoms with E-state index in [0.29, 0.717) is 30.6 Å². The van der Waals surface area contributed by atoms with Gasteiger partial charge in [-0.15, -0.1) is 17.5 Å². The maximum Gasteiger partial charge on any atom is 0.293 e. The molecule has 1 atom stereocenters. The van der Waals surface area contributed by atoms with Crippen LogP contribution in [0, 0.1) is 5.82 Å². The first kappa shape index (κ1) is 20.3. The number of amides is 1. The van der Waals surface area contributed by atoms with E-state index in [9.17, 15) is 9.18 Å². The summed E-state index contributed by atoms with van der Waals surface area (Å²) in [6.45, 7) is 5.32. The molecule has 142 valence electrons. The van der Waals surface area contributed by atoms with Gasteiger partial charge in [0, 0.05) is 25.0 Å². The maximum absolute atomic E-state index is 13.6. The quantitative estimate of drug-likeness (QED) is 0.884. The third-order valence-corrected chi connectivity index (χ3v) is 4.51. The number of aromatic nitrogens is 3. The monoisotopic (exact) mass is 381 g/mol. The van der Waals surface area contributed by atoms with Gasteiger partial charge in [0.2, 0.25) is 5.82 Å². The molecular weight excluding hydrogens is 357 g/mol. The van der Waals surface area contributed by atoms with E-state index in [0.717, 1.165) is 12.8 Å². The zero-order valence-corrected chi connectivity index (χ0v) is 16.1. The number of carbonyl (C=O) groups is 1. The van der Waals surface area contributed by atoms with Gasteiger partial charge in [-0.25, -0.2) is 14.1 Å². The van der Waals surface area contributed by atoms with E-state index < -0.39 is 0 Å². The Labute approximate surface area is 159 Å². The van der Waals surface area contributed by atoms with Gasteiger partial charge in [-0.05, 0) is 38.1 Å². The number of likely N-dealkylation sites (N-methyl/N-ethyl adjacent to an activating group) is 1. The van der Waals surface area contributed by atoms with Crippen molar-refractivity contribution in [2.45, 2.75) is 38.6 Å². The number of hydrogen-bond acceptors (Lipinski definition) is 4. The third-order valence-electron chi connectivity index (χ3n) is 4.51. The molecule has 0 aliphatic carbocycles. The molecular formula is C18H25ClFN5O. The van der Waals surface area contributed by atoms with Crippen molar-refractivity contribution in [1.82, 2.24) is 25.0 Å². The highest BCUT2D eigenvalue weighted by Crippen LogP contribution is 2.20. The van der Waals surface area contributed by atoms with Gasteiger partial charge in [0.15, 0.2) is 0 Å². The first-order valence-electron chi connectivity index (χ1n) is 8.69. The van der Waals surface area contributed by atoms with Crippen LogP contribution in [0.15, 0.2) is 24.3 Å². The van der Waals surface area contributed by atoms with E-state index >= 15 is 0 Å². The van der Waals surface area contributed by atoms with Crippen LogP contribution >= 0.6 is 12.4 Å². The highest BCUT2D eigenvalue weighted by molar-refractivity contribution is 5.90. The largest absolute Gasteiger partial charge is 0.334 e. The number of carbonyl (C=O) groups excluding carboxylic acids is 1. The van der Waals surface area contributed by atoms with Gasteiger partial charge < -0.3 is 10.2 Å². The summed E-state index contributed by atoms with van der Waals surface area (Å²) < 4.78 is 15.2. The fraction of sp³-hybridized carbons (Fsp3) is 0.500. The average Bonchev–Trinajstić information content (AvgIpc) is 3.07. The Kier molecular flexibility index (Phi) is 6.72. The van der Waals surface area contributed by atoms with Crippen LogP contribution in [0.2, 0.25) is 0 Å². The lowest BCUT2D eigenvalue weighted by Crippen LogP contribution is -2.47. The molecule has 2 heterocycles. The summed E-state index contributed by atoms with van der Waals surface area (Å²) in [5, 5.41) is 7.62. The highest BCUT2D eigenvalue weighted by Gasteiger charge is 2.27. The lowest BCUT2D eigenvalue weighted by molar-refractivity contribution is 0.0686. The number of hydrogen-bond donors (Lipinski definition) is 1. The number of nitrogens with one attached hydrogen (secondary N) is 1. The second-order valence-corrected chi connectivity index (χ2v) is 6.72.